The van der Waals surface area contributed by atoms with Gasteiger partial charge in [0.15, 0.2) is 11.5 Å². The molecule has 1 saturated heterocycles. The molecule has 0 aliphatic carbocycles. The number of carbonyl (C=O) groups excluding carboxylic acids is 3. The van der Waals surface area contributed by atoms with E-state index in [1.165, 1.54) is 24.0 Å². The fourth-order valence-corrected chi connectivity index (χ4v) is 5.47. The normalized spacial score (nSPS) is 19.2. The Morgan fingerprint density at radius 2 is 1.62 bits per heavy atom. The van der Waals surface area contributed by atoms with Crippen molar-refractivity contribution in [2.75, 3.05) is 72.5 Å². The number of nitrogens with zero attached hydrogens (tertiary/aromatic N) is 4. The van der Waals surface area contributed by atoms with Crippen molar-refractivity contribution in [1.82, 2.24) is 20.0 Å². The molecule has 0 radical (unpaired) electrons. The minimum Gasteiger partial charge on any atom is -0.495 e. The molecule has 0 unspecified atom stereocenters. The van der Waals surface area contributed by atoms with Crippen LogP contribution in [-0.2, 0) is 9.59 Å². The van der Waals surface area contributed by atoms with Crippen molar-refractivity contribution in [2.45, 2.75) is 6.04 Å². The first-order chi connectivity index (χ1) is 18.9. The third kappa shape index (κ3) is 4.68. The zero-order chi connectivity index (χ0) is 27.7. The molecule has 0 aromatic heterocycles. The van der Waals surface area contributed by atoms with Crippen LogP contribution >= 0.6 is 0 Å². The standard InChI is InChI=1S/C28H33N5O6/c1-30-20-16-33(17-23(34)32-14-12-31(13-15-32)19-9-5-6-10-21(19)37-2)27(35)24(20)25(29-28(30)36)18-8-7-11-22(38-3)26(18)39-4/h5-11,25H,12-17H2,1-4H3,(H,29,36)/t25-/m1/s1. The summed E-state index contributed by atoms with van der Waals surface area (Å²) in [7, 11) is 6.32. The van der Waals surface area contributed by atoms with Gasteiger partial charge in [0.1, 0.15) is 12.3 Å². The Balaban J connectivity index is 1.30. The molecule has 206 valence electrons. The van der Waals surface area contributed by atoms with E-state index in [4.69, 9.17) is 14.2 Å². The summed E-state index contributed by atoms with van der Waals surface area (Å²) in [4.78, 5) is 46.7. The highest BCUT2D eigenvalue weighted by atomic mass is 16.5. The van der Waals surface area contributed by atoms with E-state index in [0.717, 1.165) is 11.4 Å². The van der Waals surface area contributed by atoms with Crippen LogP contribution in [0.2, 0.25) is 0 Å². The predicted octanol–water partition coefficient (Wildman–Crippen LogP) is 1.85. The topological polar surface area (TPSA) is 104 Å². The number of hydrogen-bond donors (Lipinski definition) is 1. The lowest BCUT2D eigenvalue weighted by Gasteiger charge is -2.37. The summed E-state index contributed by atoms with van der Waals surface area (Å²) in [5.41, 5.74) is 2.61. The molecule has 11 nitrogen and oxygen atoms in total. The van der Waals surface area contributed by atoms with E-state index in [2.05, 4.69) is 10.2 Å². The highest BCUT2D eigenvalue weighted by molar-refractivity contribution is 6.03. The number of methoxy groups -OCH3 is 3. The summed E-state index contributed by atoms with van der Waals surface area (Å²) >= 11 is 0. The molecule has 5 rings (SSSR count). The quantitative estimate of drug-likeness (QED) is 0.577. The van der Waals surface area contributed by atoms with Gasteiger partial charge in [-0.25, -0.2) is 4.79 Å². The van der Waals surface area contributed by atoms with Gasteiger partial charge in [-0.05, 0) is 18.2 Å². The van der Waals surface area contributed by atoms with Gasteiger partial charge in [0.25, 0.3) is 5.91 Å². The first-order valence-electron chi connectivity index (χ1n) is 12.8. The number of hydrogen-bond acceptors (Lipinski definition) is 7. The van der Waals surface area contributed by atoms with Crippen LogP contribution in [-0.4, -0.2) is 100 Å². The van der Waals surface area contributed by atoms with Crippen LogP contribution in [0, 0.1) is 0 Å². The molecule has 4 amide bonds. The second-order valence-corrected chi connectivity index (χ2v) is 9.59. The summed E-state index contributed by atoms with van der Waals surface area (Å²) in [6.07, 6.45) is 0. The van der Waals surface area contributed by atoms with Crippen molar-refractivity contribution >= 4 is 23.5 Å². The second kappa shape index (κ2) is 10.8. The Hall–Kier alpha value is -4.41. The number of nitrogens with one attached hydrogen (secondary N) is 1. The first kappa shape index (κ1) is 26.2. The van der Waals surface area contributed by atoms with Gasteiger partial charge in [-0.2, -0.15) is 0 Å². The van der Waals surface area contributed by atoms with Crippen molar-refractivity contribution in [3.05, 3.63) is 59.3 Å². The molecular weight excluding hydrogens is 502 g/mol. The zero-order valence-electron chi connectivity index (χ0n) is 22.6. The van der Waals surface area contributed by atoms with Crippen LogP contribution in [0.5, 0.6) is 17.2 Å². The number of rotatable bonds is 7. The fourth-order valence-electron chi connectivity index (χ4n) is 5.47. The molecule has 0 saturated carbocycles. The number of likely N-dealkylation sites (N-methyl/N-ethyl adjacent to an activating group) is 1. The molecule has 1 N–H and O–H groups in total. The predicted molar refractivity (Wildman–Crippen MR) is 144 cm³/mol. The number of para-hydroxylation sites is 3. The maximum absolute atomic E-state index is 13.7. The van der Waals surface area contributed by atoms with Crippen molar-refractivity contribution in [1.29, 1.82) is 0 Å². The lowest BCUT2D eigenvalue weighted by atomic mass is 9.94. The molecule has 1 fully saturated rings. The van der Waals surface area contributed by atoms with E-state index in [1.54, 1.807) is 37.3 Å². The van der Waals surface area contributed by atoms with E-state index >= 15 is 0 Å². The van der Waals surface area contributed by atoms with E-state index in [-0.39, 0.29) is 30.9 Å². The second-order valence-electron chi connectivity index (χ2n) is 9.59. The summed E-state index contributed by atoms with van der Waals surface area (Å²) in [6.45, 7) is 2.50. The van der Waals surface area contributed by atoms with Crippen LogP contribution in [0.25, 0.3) is 0 Å². The van der Waals surface area contributed by atoms with Crippen LogP contribution in [0.15, 0.2) is 53.7 Å². The van der Waals surface area contributed by atoms with Gasteiger partial charge in [-0.15, -0.1) is 0 Å². The number of amides is 4. The third-order valence-electron chi connectivity index (χ3n) is 7.56. The molecule has 0 bridgehead atoms. The van der Waals surface area contributed by atoms with E-state index in [9.17, 15) is 14.4 Å². The lowest BCUT2D eigenvalue weighted by molar-refractivity contribution is -0.137. The minimum atomic E-state index is -0.731. The average molecular weight is 536 g/mol. The van der Waals surface area contributed by atoms with Crippen molar-refractivity contribution < 1.29 is 28.6 Å². The fraction of sp³-hybridized carbons (Fsp3) is 0.393. The van der Waals surface area contributed by atoms with E-state index < -0.39 is 6.04 Å². The van der Waals surface area contributed by atoms with Crippen LogP contribution in [0.1, 0.15) is 11.6 Å². The molecule has 0 spiro atoms. The number of piperazine rings is 1. The Morgan fingerprint density at radius 3 is 2.31 bits per heavy atom. The maximum atomic E-state index is 13.7. The van der Waals surface area contributed by atoms with Crippen LogP contribution in [0.3, 0.4) is 0 Å². The smallest absolute Gasteiger partial charge is 0.322 e. The average Bonchev–Trinajstić information content (AvgIpc) is 3.30. The minimum absolute atomic E-state index is 0.0650. The summed E-state index contributed by atoms with van der Waals surface area (Å²) < 4.78 is 16.5. The Morgan fingerprint density at radius 1 is 0.923 bits per heavy atom. The van der Waals surface area contributed by atoms with Crippen LogP contribution < -0.4 is 24.4 Å². The maximum Gasteiger partial charge on any atom is 0.322 e. The summed E-state index contributed by atoms with van der Waals surface area (Å²) in [5, 5.41) is 2.91. The Labute approximate surface area is 227 Å². The van der Waals surface area contributed by atoms with Gasteiger partial charge in [0, 0.05) is 38.8 Å². The van der Waals surface area contributed by atoms with E-state index in [0.29, 0.717) is 54.5 Å². The number of anilines is 1. The van der Waals surface area contributed by atoms with Gasteiger partial charge in [-0.1, -0.05) is 24.3 Å². The largest absolute Gasteiger partial charge is 0.495 e. The van der Waals surface area contributed by atoms with Gasteiger partial charge in [0.05, 0.1) is 50.9 Å². The molecule has 39 heavy (non-hydrogen) atoms. The number of benzene rings is 2. The SMILES string of the molecule is COc1ccccc1N1CCN(C(=O)CN2CC3=C(C2=O)[C@@H](c2cccc(OC)c2OC)NC(=O)N3C)CC1. The highest BCUT2D eigenvalue weighted by Gasteiger charge is 2.44. The molecule has 3 heterocycles. The van der Waals surface area contributed by atoms with E-state index in [1.807, 2.05) is 24.3 Å². The Bertz CT molecular complexity index is 1320. The molecular formula is C28H33N5O6. The van der Waals surface area contributed by atoms with Gasteiger partial charge in [-0.3, -0.25) is 14.5 Å². The molecule has 3 aliphatic rings. The summed E-state index contributed by atoms with van der Waals surface area (Å²) in [6, 6.07) is 12.1. The Kier molecular flexibility index (Phi) is 7.23. The number of carbonyl (C=O) groups is 3. The summed E-state index contributed by atoms with van der Waals surface area (Å²) in [5.74, 6) is 1.33. The molecule has 2 aromatic carbocycles. The number of ether oxygens (including phenoxy) is 3. The van der Waals surface area contributed by atoms with Crippen molar-refractivity contribution in [3.63, 3.8) is 0 Å². The highest BCUT2D eigenvalue weighted by Crippen LogP contribution is 2.42. The van der Waals surface area contributed by atoms with Gasteiger partial charge < -0.3 is 34.2 Å². The van der Waals surface area contributed by atoms with Crippen molar-refractivity contribution in [2.24, 2.45) is 0 Å². The van der Waals surface area contributed by atoms with Gasteiger partial charge >= 0.3 is 6.03 Å². The first-order valence-corrected chi connectivity index (χ1v) is 12.8. The monoisotopic (exact) mass is 535 g/mol. The third-order valence-corrected chi connectivity index (χ3v) is 7.56. The number of urea groups is 1. The molecule has 3 aliphatic heterocycles. The lowest BCUT2D eigenvalue weighted by Crippen LogP contribution is -2.51. The van der Waals surface area contributed by atoms with Crippen LogP contribution in [0.4, 0.5) is 10.5 Å². The zero-order valence-corrected chi connectivity index (χ0v) is 22.6. The molecule has 2 aromatic rings. The molecule has 1 atom stereocenters. The molecule has 11 heteroatoms. The van der Waals surface area contributed by atoms with Crippen molar-refractivity contribution in [3.8, 4) is 17.2 Å². The van der Waals surface area contributed by atoms with Gasteiger partial charge in [0.2, 0.25) is 5.91 Å².